The van der Waals surface area contributed by atoms with Gasteiger partial charge in [0, 0.05) is 23.5 Å². The van der Waals surface area contributed by atoms with Crippen LogP contribution in [0.3, 0.4) is 0 Å². The van der Waals surface area contributed by atoms with Crippen molar-refractivity contribution in [2.24, 2.45) is 5.10 Å². The van der Waals surface area contributed by atoms with E-state index < -0.39 is 15.9 Å². The minimum absolute atomic E-state index is 0.136. The number of carbonyl (C=O) groups excluding carboxylic acids is 1. The molecule has 0 aliphatic heterocycles. The molecular formula is C29H29ClN4O3S. The Hall–Kier alpha value is -3.72. The number of nitrogens with zero attached hydrogens (tertiary/aromatic N) is 3. The molecular weight excluding hydrogens is 520 g/mol. The van der Waals surface area contributed by atoms with E-state index in [4.69, 9.17) is 11.6 Å². The molecule has 4 aromatic rings. The molecule has 0 radical (unpaired) electrons. The van der Waals surface area contributed by atoms with E-state index in [1.165, 1.54) is 16.4 Å². The minimum Gasteiger partial charge on any atom is -0.316 e. The second-order valence-corrected chi connectivity index (χ2v) is 11.1. The van der Waals surface area contributed by atoms with Gasteiger partial charge in [0.25, 0.3) is 5.91 Å². The van der Waals surface area contributed by atoms with Gasteiger partial charge in [-0.2, -0.15) is 9.41 Å². The molecule has 0 atom stereocenters. The van der Waals surface area contributed by atoms with Crippen LogP contribution in [0.15, 0.2) is 101 Å². The number of sulfonamides is 1. The van der Waals surface area contributed by atoms with Gasteiger partial charge in [-0.05, 0) is 56.2 Å². The van der Waals surface area contributed by atoms with E-state index >= 15 is 0 Å². The van der Waals surface area contributed by atoms with E-state index in [1.54, 1.807) is 24.4 Å². The first-order valence-electron chi connectivity index (χ1n) is 12.1. The first-order valence-corrected chi connectivity index (χ1v) is 13.9. The summed E-state index contributed by atoms with van der Waals surface area (Å²) in [5, 5.41) is 4.73. The predicted octanol–water partition coefficient (Wildman–Crippen LogP) is 5.13. The molecule has 1 aromatic heterocycles. The molecule has 0 bridgehead atoms. The topological polar surface area (TPSA) is 83.8 Å². The second kappa shape index (κ2) is 12.2. The van der Waals surface area contributed by atoms with E-state index in [1.807, 2.05) is 79.1 Å². The lowest BCUT2D eigenvalue weighted by molar-refractivity contribution is -0.121. The smallest absolute Gasteiger partial charge is 0.255 e. The fourth-order valence-corrected chi connectivity index (χ4v) is 5.85. The number of hydrazone groups is 1. The zero-order chi connectivity index (χ0) is 27.1. The predicted molar refractivity (Wildman–Crippen MR) is 151 cm³/mol. The van der Waals surface area contributed by atoms with E-state index in [2.05, 4.69) is 10.5 Å². The fraction of sp³-hybridized carbons (Fsp3) is 0.172. The molecule has 0 aliphatic carbocycles. The van der Waals surface area contributed by atoms with Crippen LogP contribution in [0, 0.1) is 13.8 Å². The third-order valence-corrected chi connectivity index (χ3v) is 8.33. The van der Waals surface area contributed by atoms with Crippen LogP contribution in [0.2, 0.25) is 5.02 Å². The van der Waals surface area contributed by atoms with Crippen LogP contribution in [-0.2, 0) is 21.2 Å². The molecule has 0 unspecified atom stereocenters. The fourth-order valence-electron chi connectivity index (χ4n) is 4.22. The van der Waals surface area contributed by atoms with Crippen molar-refractivity contribution < 1.29 is 13.2 Å². The molecule has 4 rings (SSSR count). The summed E-state index contributed by atoms with van der Waals surface area (Å²) in [7, 11) is -3.88. The number of benzene rings is 3. The van der Waals surface area contributed by atoms with Crippen molar-refractivity contribution in [2.75, 3.05) is 13.1 Å². The van der Waals surface area contributed by atoms with Crippen LogP contribution in [0.1, 0.15) is 22.5 Å². The zero-order valence-corrected chi connectivity index (χ0v) is 22.8. The van der Waals surface area contributed by atoms with Crippen LogP contribution < -0.4 is 5.43 Å². The van der Waals surface area contributed by atoms with Crippen molar-refractivity contribution in [3.8, 4) is 5.69 Å². The Kier molecular flexibility index (Phi) is 8.78. The van der Waals surface area contributed by atoms with Crippen LogP contribution in [0.25, 0.3) is 5.69 Å². The lowest BCUT2D eigenvalue weighted by atomic mass is 10.1. The summed E-state index contributed by atoms with van der Waals surface area (Å²) in [5.41, 5.74) is 6.99. The highest BCUT2D eigenvalue weighted by Gasteiger charge is 2.26. The average molecular weight is 549 g/mol. The summed E-state index contributed by atoms with van der Waals surface area (Å²) in [5.74, 6) is -0.534. The molecule has 0 spiro atoms. The zero-order valence-electron chi connectivity index (χ0n) is 21.2. The van der Waals surface area contributed by atoms with E-state index in [-0.39, 0.29) is 18.0 Å². The van der Waals surface area contributed by atoms with E-state index in [0.717, 1.165) is 28.2 Å². The van der Waals surface area contributed by atoms with Gasteiger partial charge >= 0.3 is 0 Å². The minimum atomic E-state index is -3.88. The number of aryl methyl sites for hydroxylation is 1. The number of rotatable bonds is 10. The number of amides is 1. The number of halogens is 1. The number of carbonyl (C=O) groups is 1. The highest BCUT2D eigenvalue weighted by Crippen LogP contribution is 2.25. The molecule has 0 saturated carbocycles. The highest BCUT2D eigenvalue weighted by atomic mass is 35.5. The van der Waals surface area contributed by atoms with Gasteiger partial charge in [-0.1, -0.05) is 72.3 Å². The molecule has 9 heteroatoms. The molecule has 0 saturated heterocycles. The number of aromatic nitrogens is 1. The standard InChI is InChI=1S/C29H29ClN4O3S/c1-22-19-25(23(2)34(22)28-16-10-9-15-27(28)30)20-31-32-29(35)21-33(18-17-24-11-5-3-6-12-24)38(36,37)26-13-7-4-8-14-26/h3-16,19-20H,17-18,21H2,1-2H3,(H,32,35)/b31-20+. The third-order valence-electron chi connectivity index (χ3n) is 6.15. The molecule has 0 aliphatic rings. The molecule has 7 nitrogen and oxygen atoms in total. The van der Waals surface area contributed by atoms with Gasteiger partial charge in [-0.25, -0.2) is 13.8 Å². The SMILES string of the molecule is Cc1cc(/C=N/NC(=O)CN(CCc2ccccc2)S(=O)(=O)c2ccccc2)c(C)n1-c1ccccc1Cl. The van der Waals surface area contributed by atoms with Gasteiger partial charge in [0.15, 0.2) is 0 Å². The van der Waals surface area contributed by atoms with E-state index in [9.17, 15) is 13.2 Å². The van der Waals surface area contributed by atoms with Gasteiger partial charge < -0.3 is 4.57 Å². The van der Waals surface area contributed by atoms with Crippen molar-refractivity contribution in [3.05, 3.63) is 119 Å². The summed E-state index contributed by atoms with van der Waals surface area (Å²) >= 11 is 6.39. The molecule has 1 N–H and O–H groups in total. The monoisotopic (exact) mass is 548 g/mol. The summed E-state index contributed by atoms with van der Waals surface area (Å²) in [4.78, 5) is 12.9. The summed E-state index contributed by atoms with van der Waals surface area (Å²) < 4.78 is 29.9. The molecule has 1 heterocycles. The Labute approximate surface area is 228 Å². The number of para-hydroxylation sites is 1. The Bertz CT molecular complexity index is 1530. The normalized spacial score (nSPS) is 11.8. The molecule has 0 fully saturated rings. The second-order valence-electron chi connectivity index (χ2n) is 8.79. The van der Waals surface area contributed by atoms with E-state index in [0.29, 0.717) is 11.4 Å². The van der Waals surface area contributed by atoms with Gasteiger partial charge in [0.2, 0.25) is 10.0 Å². The Morgan fingerprint density at radius 1 is 0.974 bits per heavy atom. The average Bonchev–Trinajstić information content (AvgIpc) is 3.20. The molecule has 196 valence electrons. The van der Waals surface area contributed by atoms with Crippen LogP contribution in [0.4, 0.5) is 0 Å². The Balaban J connectivity index is 1.48. The number of hydrogen-bond donors (Lipinski definition) is 1. The lowest BCUT2D eigenvalue weighted by Gasteiger charge is -2.21. The first kappa shape index (κ1) is 27.3. The summed E-state index contributed by atoms with van der Waals surface area (Å²) in [6.45, 7) is 3.69. The maximum atomic E-state index is 13.3. The number of nitrogens with one attached hydrogen (secondary N) is 1. The molecule has 1 amide bonds. The van der Waals surface area contributed by atoms with Crippen molar-refractivity contribution in [3.63, 3.8) is 0 Å². The third kappa shape index (κ3) is 6.39. The Morgan fingerprint density at radius 3 is 2.29 bits per heavy atom. The number of hydrogen-bond acceptors (Lipinski definition) is 4. The maximum Gasteiger partial charge on any atom is 0.255 e. The van der Waals surface area contributed by atoms with Crippen LogP contribution >= 0.6 is 11.6 Å². The largest absolute Gasteiger partial charge is 0.316 e. The summed E-state index contributed by atoms with van der Waals surface area (Å²) in [6.07, 6.45) is 2.02. The van der Waals surface area contributed by atoms with Gasteiger partial charge in [0.05, 0.1) is 28.4 Å². The van der Waals surface area contributed by atoms with Crippen molar-refractivity contribution in [1.29, 1.82) is 0 Å². The van der Waals surface area contributed by atoms with Crippen LogP contribution in [-0.4, -0.2) is 42.5 Å². The van der Waals surface area contributed by atoms with Crippen LogP contribution in [0.5, 0.6) is 0 Å². The molecule has 38 heavy (non-hydrogen) atoms. The van der Waals surface area contributed by atoms with Gasteiger partial charge in [-0.15, -0.1) is 0 Å². The maximum absolute atomic E-state index is 13.3. The lowest BCUT2D eigenvalue weighted by Crippen LogP contribution is -2.40. The highest BCUT2D eigenvalue weighted by molar-refractivity contribution is 7.89. The van der Waals surface area contributed by atoms with Crippen molar-refractivity contribution in [1.82, 2.24) is 14.3 Å². The first-order chi connectivity index (χ1) is 18.3. The van der Waals surface area contributed by atoms with Gasteiger partial charge in [0.1, 0.15) is 0 Å². The van der Waals surface area contributed by atoms with Crippen molar-refractivity contribution in [2.45, 2.75) is 25.2 Å². The summed E-state index contributed by atoms with van der Waals surface area (Å²) in [6, 6.07) is 27.2. The van der Waals surface area contributed by atoms with Crippen molar-refractivity contribution >= 4 is 33.7 Å². The molecule has 3 aromatic carbocycles. The quantitative estimate of drug-likeness (QED) is 0.220. The van der Waals surface area contributed by atoms with Gasteiger partial charge in [-0.3, -0.25) is 4.79 Å². The Morgan fingerprint density at radius 2 is 1.61 bits per heavy atom.